The standard InChI is InChI=1S/C22H27FN2O/c1-2-25(16-18-8-4-3-5-9-18)22(26)19-12-14-24(15-13-19)17-20-10-6-7-11-21(20)23/h3-11,19H,2,12-17H2,1H3/p+1. The maximum atomic E-state index is 13.8. The van der Waals surface area contributed by atoms with Gasteiger partial charge in [-0.25, -0.2) is 4.39 Å². The summed E-state index contributed by atoms with van der Waals surface area (Å²) in [6.07, 6.45) is 1.77. The Bertz CT molecular complexity index is 711. The number of carbonyl (C=O) groups is 1. The molecule has 0 saturated carbocycles. The van der Waals surface area contributed by atoms with Crippen molar-refractivity contribution in [3.05, 3.63) is 71.5 Å². The molecule has 0 radical (unpaired) electrons. The van der Waals surface area contributed by atoms with Gasteiger partial charge in [0.25, 0.3) is 0 Å². The molecular formula is C22H28FN2O+. The smallest absolute Gasteiger partial charge is 0.226 e. The van der Waals surface area contributed by atoms with Crippen molar-refractivity contribution in [2.45, 2.75) is 32.9 Å². The molecule has 0 atom stereocenters. The largest absolute Gasteiger partial charge is 0.338 e. The molecule has 0 spiro atoms. The summed E-state index contributed by atoms with van der Waals surface area (Å²) < 4.78 is 13.8. The van der Waals surface area contributed by atoms with Crippen LogP contribution in [0.4, 0.5) is 4.39 Å². The fourth-order valence-electron chi connectivity index (χ4n) is 3.77. The van der Waals surface area contributed by atoms with Gasteiger partial charge in [-0.1, -0.05) is 48.5 Å². The molecular weight excluding hydrogens is 327 g/mol. The number of quaternary nitrogens is 1. The van der Waals surface area contributed by atoms with Gasteiger partial charge < -0.3 is 9.80 Å². The first-order chi connectivity index (χ1) is 12.7. The highest BCUT2D eigenvalue weighted by molar-refractivity contribution is 5.78. The SMILES string of the molecule is CCN(Cc1ccccc1)C(=O)C1CC[NH+](Cc2ccccc2F)CC1. The first-order valence-electron chi connectivity index (χ1n) is 9.57. The van der Waals surface area contributed by atoms with E-state index in [9.17, 15) is 9.18 Å². The Morgan fingerprint density at radius 3 is 2.38 bits per heavy atom. The third-order valence-electron chi connectivity index (χ3n) is 5.35. The average Bonchev–Trinajstić information content (AvgIpc) is 2.69. The van der Waals surface area contributed by atoms with Crippen molar-refractivity contribution < 1.29 is 14.1 Å². The van der Waals surface area contributed by atoms with Crippen LogP contribution in [0, 0.1) is 11.7 Å². The molecule has 26 heavy (non-hydrogen) atoms. The highest BCUT2D eigenvalue weighted by Crippen LogP contribution is 2.16. The molecule has 1 amide bonds. The monoisotopic (exact) mass is 355 g/mol. The van der Waals surface area contributed by atoms with E-state index >= 15 is 0 Å². The van der Waals surface area contributed by atoms with Gasteiger partial charge in [-0.15, -0.1) is 0 Å². The number of rotatable bonds is 6. The number of amides is 1. The van der Waals surface area contributed by atoms with Crippen LogP contribution in [0.1, 0.15) is 30.9 Å². The Morgan fingerprint density at radius 2 is 1.73 bits per heavy atom. The minimum absolute atomic E-state index is 0.100. The lowest BCUT2D eigenvalue weighted by atomic mass is 9.94. The number of hydrogen-bond acceptors (Lipinski definition) is 1. The normalized spacial score (nSPS) is 19.9. The van der Waals surface area contributed by atoms with Gasteiger partial charge in [-0.3, -0.25) is 4.79 Å². The van der Waals surface area contributed by atoms with Gasteiger partial charge in [-0.2, -0.15) is 0 Å². The number of likely N-dealkylation sites (tertiary alicyclic amines) is 1. The van der Waals surface area contributed by atoms with Crippen molar-refractivity contribution in [2.24, 2.45) is 5.92 Å². The molecule has 3 nitrogen and oxygen atoms in total. The summed E-state index contributed by atoms with van der Waals surface area (Å²) in [5.41, 5.74) is 1.94. The molecule has 1 fully saturated rings. The van der Waals surface area contributed by atoms with E-state index in [1.165, 1.54) is 16.5 Å². The first-order valence-corrected chi connectivity index (χ1v) is 9.57. The third kappa shape index (κ3) is 4.70. The maximum Gasteiger partial charge on any atom is 0.226 e. The third-order valence-corrected chi connectivity index (χ3v) is 5.35. The highest BCUT2D eigenvalue weighted by atomic mass is 19.1. The van der Waals surface area contributed by atoms with E-state index in [2.05, 4.69) is 12.1 Å². The molecule has 0 unspecified atom stereocenters. The number of halogens is 1. The zero-order valence-corrected chi connectivity index (χ0v) is 15.5. The predicted octanol–water partition coefficient (Wildman–Crippen LogP) is 2.67. The second-order valence-corrected chi connectivity index (χ2v) is 7.13. The van der Waals surface area contributed by atoms with Crippen molar-refractivity contribution in [3.63, 3.8) is 0 Å². The Morgan fingerprint density at radius 1 is 1.08 bits per heavy atom. The minimum Gasteiger partial charge on any atom is -0.338 e. The van der Waals surface area contributed by atoms with E-state index in [0.29, 0.717) is 13.1 Å². The lowest BCUT2D eigenvalue weighted by molar-refractivity contribution is -0.919. The van der Waals surface area contributed by atoms with E-state index in [1.807, 2.05) is 42.2 Å². The van der Waals surface area contributed by atoms with Crippen molar-refractivity contribution in [1.29, 1.82) is 0 Å². The lowest BCUT2D eigenvalue weighted by Crippen LogP contribution is -3.11. The number of nitrogens with zero attached hydrogens (tertiary/aromatic N) is 1. The lowest BCUT2D eigenvalue weighted by Gasteiger charge is -2.32. The summed E-state index contributed by atoms with van der Waals surface area (Å²) in [7, 11) is 0. The Balaban J connectivity index is 1.53. The number of benzene rings is 2. The molecule has 3 rings (SSSR count). The van der Waals surface area contributed by atoms with Gasteiger partial charge in [0.2, 0.25) is 5.91 Å². The minimum atomic E-state index is -0.127. The fourth-order valence-corrected chi connectivity index (χ4v) is 3.77. The van der Waals surface area contributed by atoms with Crippen molar-refractivity contribution >= 4 is 5.91 Å². The second kappa shape index (κ2) is 8.95. The summed E-state index contributed by atoms with van der Waals surface area (Å²) in [5.74, 6) is 0.238. The summed E-state index contributed by atoms with van der Waals surface area (Å²) in [6, 6.07) is 17.1. The quantitative estimate of drug-likeness (QED) is 0.847. The van der Waals surface area contributed by atoms with Gasteiger partial charge >= 0.3 is 0 Å². The van der Waals surface area contributed by atoms with E-state index in [1.54, 1.807) is 6.07 Å². The molecule has 2 aromatic carbocycles. The molecule has 1 saturated heterocycles. The van der Waals surface area contributed by atoms with Gasteiger partial charge in [0.1, 0.15) is 12.4 Å². The van der Waals surface area contributed by atoms with Gasteiger partial charge in [0.15, 0.2) is 0 Å². The van der Waals surface area contributed by atoms with Crippen LogP contribution in [0.3, 0.4) is 0 Å². The van der Waals surface area contributed by atoms with Crippen LogP contribution in [0.25, 0.3) is 0 Å². The van der Waals surface area contributed by atoms with E-state index < -0.39 is 0 Å². The Hall–Kier alpha value is -2.20. The molecule has 138 valence electrons. The van der Waals surface area contributed by atoms with Crippen LogP contribution in [-0.2, 0) is 17.9 Å². The molecule has 1 aliphatic rings. The van der Waals surface area contributed by atoms with Gasteiger partial charge in [0.05, 0.1) is 13.1 Å². The van der Waals surface area contributed by atoms with Crippen LogP contribution in [0.15, 0.2) is 54.6 Å². The molecule has 0 aliphatic carbocycles. The zero-order chi connectivity index (χ0) is 18.4. The number of nitrogens with one attached hydrogen (secondary N) is 1. The van der Waals surface area contributed by atoms with Crippen LogP contribution in [-0.4, -0.2) is 30.4 Å². The maximum absolute atomic E-state index is 13.8. The van der Waals surface area contributed by atoms with Gasteiger partial charge in [0, 0.05) is 37.4 Å². The van der Waals surface area contributed by atoms with Crippen LogP contribution < -0.4 is 4.90 Å². The summed E-state index contributed by atoms with van der Waals surface area (Å²) in [4.78, 5) is 16.2. The van der Waals surface area contributed by atoms with Crippen molar-refractivity contribution in [2.75, 3.05) is 19.6 Å². The average molecular weight is 355 g/mol. The Kier molecular flexibility index (Phi) is 6.40. The molecule has 1 N–H and O–H groups in total. The Labute approximate surface area is 155 Å². The number of piperidine rings is 1. The zero-order valence-electron chi connectivity index (χ0n) is 15.5. The fraction of sp³-hybridized carbons (Fsp3) is 0.409. The molecule has 1 heterocycles. The van der Waals surface area contributed by atoms with Crippen LogP contribution >= 0.6 is 0 Å². The topological polar surface area (TPSA) is 24.8 Å². The van der Waals surface area contributed by atoms with Gasteiger partial charge in [-0.05, 0) is 18.6 Å². The van der Waals surface area contributed by atoms with Crippen molar-refractivity contribution in [1.82, 2.24) is 4.90 Å². The van der Waals surface area contributed by atoms with Crippen LogP contribution in [0.2, 0.25) is 0 Å². The molecule has 0 bridgehead atoms. The number of carbonyl (C=O) groups excluding carboxylic acids is 1. The number of hydrogen-bond donors (Lipinski definition) is 1. The molecule has 4 heteroatoms. The molecule has 2 aromatic rings. The molecule has 0 aromatic heterocycles. The molecule has 1 aliphatic heterocycles. The van der Waals surface area contributed by atoms with E-state index in [-0.39, 0.29) is 17.6 Å². The van der Waals surface area contributed by atoms with Crippen molar-refractivity contribution in [3.8, 4) is 0 Å². The summed E-state index contributed by atoms with van der Waals surface area (Å²) >= 11 is 0. The highest BCUT2D eigenvalue weighted by Gasteiger charge is 2.30. The van der Waals surface area contributed by atoms with E-state index in [4.69, 9.17) is 0 Å². The summed E-state index contributed by atoms with van der Waals surface area (Å²) in [6.45, 7) is 6.00. The van der Waals surface area contributed by atoms with Crippen LogP contribution in [0.5, 0.6) is 0 Å². The first kappa shape index (κ1) is 18.6. The predicted molar refractivity (Wildman–Crippen MR) is 101 cm³/mol. The van der Waals surface area contributed by atoms with E-state index in [0.717, 1.165) is 38.0 Å². The summed E-state index contributed by atoms with van der Waals surface area (Å²) in [5, 5.41) is 0. The second-order valence-electron chi connectivity index (χ2n) is 7.13.